The standard InChI is InChI=1S/C32H29F2N5O6/c1-43-28-13-26(31(35)40)36-14-19(28)16-45-30-4-2-3-24(38-30)21-12-22(33)18(9-23(21)34)11-29-37-25-6-5-17(32(41)42)10-27(25)39(29)15-20-7-8-44-20/h2-6,9-10,12-14,20,32,41-42H,7-8,11,15-16H2,1H3,(H2,35,40)/t20-/m0/s1. The number of hydrogen-bond donors (Lipinski definition) is 3. The van der Waals surface area contributed by atoms with Crippen molar-refractivity contribution in [3.63, 3.8) is 0 Å². The number of primary amides is 1. The molecule has 1 fully saturated rings. The van der Waals surface area contributed by atoms with E-state index < -0.39 is 23.8 Å². The van der Waals surface area contributed by atoms with Gasteiger partial charge in [0.05, 0.1) is 36.5 Å². The number of imidazole rings is 1. The van der Waals surface area contributed by atoms with Crippen molar-refractivity contribution in [3.8, 4) is 22.9 Å². The van der Waals surface area contributed by atoms with Gasteiger partial charge in [-0.25, -0.2) is 18.7 Å². The number of halogens is 2. The second-order valence-corrected chi connectivity index (χ2v) is 10.5. The van der Waals surface area contributed by atoms with Gasteiger partial charge >= 0.3 is 0 Å². The molecule has 0 spiro atoms. The van der Waals surface area contributed by atoms with Crippen LogP contribution in [0.15, 0.2) is 60.8 Å². The number of carbonyl (C=O) groups is 1. The Hall–Kier alpha value is -4.98. The number of hydrogen-bond acceptors (Lipinski definition) is 9. The van der Waals surface area contributed by atoms with Crippen LogP contribution in [0.5, 0.6) is 11.6 Å². The zero-order valence-electron chi connectivity index (χ0n) is 24.1. The van der Waals surface area contributed by atoms with Gasteiger partial charge in [-0.2, -0.15) is 0 Å². The second-order valence-electron chi connectivity index (χ2n) is 10.5. The molecule has 1 atom stereocenters. The molecular formula is C32H29F2N5O6. The molecule has 5 aromatic rings. The highest BCUT2D eigenvalue weighted by molar-refractivity contribution is 5.91. The van der Waals surface area contributed by atoms with Crippen molar-refractivity contribution in [2.45, 2.75) is 38.4 Å². The molecule has 4 heterocycles. The molecule has 4 N–H and O–H groups in total. The highest BCUT2D eigenvalue weighted by Gasteiger charge is 2.24. The summed E-state index contributed by atoms with van der Waals surface area (Å²) < 4.78 is 49.6. The quantitative estimate of drug-likeness (QED) is 0.188. The first-order valence-electron chi connectivity index (χ1n) is 14.1. The SMILES string of the molecule is COc1cc(C(N)=O)ncc1COc1cccc(-c2cc(F)c(Cc3nc4ccc(C(O)O)cc4n3C[C@@H]3CCO3)cc2F)n1. The lowest BCUT2D eigenvalue weighted by Gasteiger charge is -2.27. The highest BCUT2D eigenvalue weighted by Crippen LogP contribution is 2.30. The Morgan fingerprint density at radius 2 is 1.93 bits per heavy atom. The van der Waals surface area contributed by atoms with E-state index in [9.17, 15) is 15.0 Å². The number of methoxy groups -OCH3 is 1. The minimum atomic E-state index is -1.66. The van der Waals surface area contributed by atoms with Crippen molar-refractivity contribution in [1.29, 1.82) is 0 Å². The van der Waals surface area contributed by atoms with Gasteiger partial charge in [0.2, 0.25) is 5.88 Å². The zero-order valence-corrected chi connectivity index (χ0v) is 24.1. The Labute approximate surface area is 255 Å². The van der Waals surface area contributed by atoms with Gasteiger partial charge in [0.25, 0.3) is 5.91 Å². The number of aliphatic hydroxyl groups excluding tert-OH is 1. The first kappa shape index (κ1) is 30.1. The van der Waals surface area contributed by atoms with Crippen molar-refractivity contribution in [3.05, 3.63) is 101 Å². The van der Waals surface area contributed by atoms with E-state index in [0.717, 1.165) is 18.6 Å². The summed E-state index contributed by atoms with van der Waals surface area (Å²) in [5, 5.41) is 19.3. The Balaban J connectivity index is 1.25. The van der Waals surface area contributed by atoms with E-state index in [4.69, 9.17) is 19.9 Å². The monoisotopic (exact) mass is 617 g/mol. The molecule has 0 unspecified atom stereocenters. The van der Waals surface area contributed by atoms with Crippen molar-refractivity contribution in [2.75, 3.05) is 13.7 Å². The van der Waals surface area contributed by atoms with Gasteiger partial charge in [0, 0.05) is 48.0 Å². The number of carbonyl (C=O) groups excluding carboxylic acids is 1. The van der Waals surface area contributed by atoms with Crippen LogP contribution in [0.2, 0.25) is 0 Å². The average molecular weight is 618 g/mol. The van der Waals surface area contributed by atoms with Gasteiger partial charge in [-0.3, -0.25) is 9.78 Å². The number of amides is 1. The topological polar surface area (TPSA) is 155 Å². The first-order valence-corrected chi connectivity index (χ1v) is 14.1. The minimum absolute atomic E-state index is 0.0115. The van der Waals surface area contributed by atoms with Crippen LogP contribution in [-0.4, -0.2) is 55.5 Å². The molecule has 1 saturated heterocycles. The number of ether oxygens (including phenoxy) is 3. The maximum atomic E-state index is 15.5. The van der Waals surface area contributed by atoms with E-state index in [1.807, 2.05) is 4.57 Å². The summed E-state index contributed by atoms with van der Waals surface area (Å²) in [4.78, 5) is 24.4. The minimum Gasteiger partial charge on any atom is -0.496 e. The smallest absolute Gasteiger partial charge is 0.267 e. The summed E-state index contributed by atoms with van der Waals surface area (Å²) in [6, 6.07) is 13.2. The molecule has 2 aromatic carbocycles. The van der Waals surface area contributed by atoms with Crippen molar-refractivity contribution in [2.24, 2.45) is 5.73 Å². The van der Waals surface area contributed by atoms with Crippen molar-refractivity contribution >= 4 is 16.9 Å². The Kier molecular flexibility index (Phi) is 8.39. The molecule has 232 valence electrons. The number of rotatable bonds is 11. The highest BCUT2D eigenvalue weighted by atomic mass is 19.1. The summed E-state index contributed by atoms with van der Waals surface area (Å²) in [5.74, 6) is -1.04. The van der Waals surface area contributed by atoms with Crippen molar-refractivity contribution < 1.29 is 38.0 Å². The van der Waals surface area contributed by atoms with Crippen LogP contribution < -0.4 is 15.2 Å². The lowest BCUT2D eigenvalue weighted by atomic mass is 10.0. The van der Waals surface area contributed by atoms with Crippen LogP contribution in [-0.2, 0) is 24.3 Å². The first-order chi connectivity index (χ1) is 21.7. The Morgan fingerprint density at radius 3 is 2.64 bits per heavy atom. The van der Waals surface area contributed by atoms with Crippen LogP contribution in [0.25, 0.3) is 22.3 Å². The van der Waals surface area contributed by atoms with Gasteiger partial charge in [-0.1, -0.05) is 12.1 Å². The fraction of sp³-hybridized carbons (Fsp3) is 0.250. The molecule has 1 aliphatic heterocycles. The Bertz CT molecular complexity index is 1890. The Morgan fingerprint density at radius 1 is 1.11 bits per heavy atom. The predicted octanol–water partition coefficient (Wildman–Crippen LogP) is 3.82. The molecule has 0 aliphatic carbocycles. The van der Waals surface area contributed by atoms with E-state index >= 15 is 8.78 Å². The summed E-state index contributed by atoms with van der Waals surface area (Å²) in [6.07, 6.45) is 0.523. The lowest BCUT2D eigenvalue weighted by molar-refractivity contribution is -0.0590. The molecule has 3 aromatic heterocycles. The number of aliphatic hydroxyl groups is 2. The second kappa shape index (κ2) is 12.6. The summed E-state index contributed by atoms with van der Waals surface area (Å²) in [5.41, 5.74) is 7.56. The number of nitrogens with two attached hydrogens (primary N) is 1. The molecule has 0 saturated carbocycles. The molecular weight excluding hydrogens is 588 g/mol. The van der Waals surface area contributed by atoms with Crippen molar-refractivity contribution in [1.82, 2.24) is 19.5 Å². The largest absolute Gasteiger partial charge is 0.496 e. The van der Waals surface area contributed by atoms with E-state index in [1.54, 1.807) is 36.4 Å². The lowest BCUT2D eigenvalue weighted by Crippen LogP contribution is -2.31. The molecule has 45 heavy (non-hydrogen) atoms. The van der Waals surface area contributed by atoms with E-state index in [-0.39, 0.29) is 47.5 Å². The number of pyridine rings is 2. The van der Waals surface area contributed by atoms with Gasteiger partial charge in [0.15, 0.2) is 6.29 Å². The fourth-order valence-corrected chi connectivity index (χ4v) is 5.11. The van der Waals surface area contributed by atoms with Crippen LogP contribution >= 0.6 is 0 Å². The number of aromatic nitrogens is 4. The molecule has 1 aliphatic rings. The molecule has 1 amide bonds. The van der Waals surface area contributed by atoms with Crippen LogP contribution in [0.4, 0.5) is 8.78 Å². The molecule has 0 radical (unpaired) electrons. The maximum absolute atomic E-state index is 15.5. The number of nitrogens with zero attached hydrogens (tertiary/aromatic N) is 4. The van der Waals surface area contributed by atoms with Gasteiger partial charge in [0.1, 0.15) is 35.5 Å². The predicted molar refractivity (Wildman–Crippen MR) is 157 cm³/mol. The third-order valence-electron chi connectivity index (χ3n) is 7.60. The zero-order chi connectivity index (χ0) is 31.7. The third-order valence-corrected chi connectivity index (χ3v) is 7.60. The summed E-state index contributed by atoms with van der Waals surface area (Å²) in [6.45, 7) is 1.06. The third kappa shape index (κ3) is 6.32. The van der Waals surface area contributed by atoms with E-state index in [2.05, 4.69) is 15.0 Å². The molecule has 11 nitrogen and oxygen atoms in total. The molecule has 6 rings (SSSR count). The summed E-state index contributed by atoms with van der Waals surface area (Å²) in [7, 11) is 1.43. The van der Waals surface area contributed by atoms with Gasteiger partial charge < -0.3 is 34.7 Å². The van der Waals surface area contributed by atoms with Gasteiger partial charge in [-0.05, 0) is 42.3 Å². The number of fused-ring (bicyclic) bond motifs is 1. The maximum Gasteiger partial charge on any atom is 0.267 e. The molecule has 0 bridgehead atoms. The number of benzene rings is 2. The normalized spacial score (nSPS) is 14.5. The van der Waals surface area contributed by atoms with E-state index in [0.29, 0.717) is 46.9 Å². The van der Waals surface area contributed by atoms with Gasteiger partial charge in [-0.15, -0.1) is 0 Å². The van der Waals surface area contributed by atoms with Crippen LogP contribution in [0.1, 0.15) is 45.7 Å². The van der Waals surface area contributed by atoms with E-state index in [1.165, 1.54) is 19.4 Å². The fourth-order valence-electron chi connectivity index (χ4n) is 5.11. The average Bonchev–Trinajstić information content (AvgIpc) is 3.35. The summed E-state index contributed by atoms with van der Waals surface area (Å²) >= 11 is 0. The molecule has 13 heteroatoms. The van der Waals surface area contributed by atoms with Crippen LogP contribution in [0.3, 0.4) is 0 Å². The van der Waals surface area contributed by atoms with Crippen LogP contribution in [0, 0.1) is 11.6 Å².